The normalized spacial score (nSPS) is 21.3. The number of likely N-dealkylation sites (tertiary alicyclic amines) is 1. The maximum atomic E-state index is 11.6. The summed E-state index contributed by atoms with van der Waals surface area (Å²) in [4.78, 5) is 13.4. The molecule has 2 aliphatic heterocycles. The second-order valence-corrected chi connectivity index (χ2v) is 6.56. The standard InChI is InChI=1S/C20H21NO5/c1-21-12-15(10-19(21)22)13-23-18-9-5-6-16(11-18)20(24-14-25-20)26-17-7-3-2-4-8-17/h2-9,11,15H,10,12-14H2,1H3. The molecule has 26 heavy (non-hydrogen) atoms. The SMILES string of the molecule is CN1CC(COc2cccc(C3(Oc4ccccc4)OCO3)c2)CC1=O. The molecule has 1 unspecified atom stereocenters. The molecule has 2 fully saturated rings. The van der Waals surface area contributed by atoms with Crippen molar-refractivity contribution in [3.8, 4) is 11.5 Å². The molecule has 6 nitrogen and oxygen atoms in total. The first-order valence-electron chi connectivity index (χ1n) is 8.64. The van der Waals surface area contributed by atoms with Crippen LogP contribution in [0.2, 0.25) is 0 Å². The maximum Gasteiger partial charge on any atom is 0.360 e. The van der Waals surface area contributed by atoms with E-state index in [1.807, 2.05) is 61.6 Å². The summed E-state index contributed by atoms with van der Waals surface area (Å²) in [6, 6.07) is 16.9. The van der Waals surface area contributed by atoms with Gasteiger partial charge in [-0.2, -0.15) is 0 Å². The van der Waals surface area contributed by atoms with Crippen LogP contribution in [0.1, 0.15) is 12.0 Å². The molecule has 0 saturated carbocycles. The van der Waals surface area contributed by atoms with Crippen molar-refractivity contribution >= 4 is 5.91 Å². The summed E-state index contributed by atoms with van der Waals surface area (Å²) < 4.78 is 23.1. The number of hydrogen-bond acceptors (Lipinski definition) is 5. The maximum absolute atomic E-state index is 11.6. The monoisotopic (exact) mass is 355 g/mol. The number of rotatable bonds is 6. The van der Waals surface area contributed by atoms with Crippen LogP contribution in [0.3, 0.4) is 0 Å². The van der Waals surface area contributed by atoms with E-state index in [2.05, 4.69) is 0 Å². The van der Waals surface area contributed by atoms with E-state index in [1.165, 1.54) is 0 Å². The molecule has 136 valence electrons. The number of carbonyl (C=O) groups is 1. The second-order valence-electron chi connectivity index (χ2n) is 6.56. The lowest BCUT2D eigenvalue weighted by Crippen LogP contribution is -2.48. The average molecular weight is 355 g/mol. The van der Waals surface area contributed by atoms with Gasteiger partial charge in [0, 0.05) is 25.9 Å². The summed E-state index contributed by atoms with van der Waals surface area (Å²) in [5, 5.41) is 0. The fraction of sp³-hybridized carbons (Fsp3) is 0.350. The Morgan fingerprint density at radius 3 is 2.54 bits per heavy atom. The molecule has 1 atom stereocenters. The van der Waals surface area contributed by atoms with Gasteiger partial charge >= 0.3 is 5.97 Å². The van der Waals surface area contributed by atoms with Crippen LogP contribution in [0.5, 0.6) is 11.5 Å². The van der Waals surface area contributed by atoms with Gasteiger partial charge in [0.05, 0.1) is 12.2 Å². The van der Waals surface area contributed by atoms with Crippen LogP contribution < -0.4 is 9.47 Å². The van der Waals surface area contributed by atoms with Crippen LogP contribution in [-0.4, -0.2) is 37.8 Å². The summed E-state index contributed by atoms with van der Waals surface area (Å²) in [5.41, 5.74) is 0.727. The number of carbonyl (C=O) groups excluding carboxylic acids is 1. The fourth-order valence-electron chi connectivity index (χ4n) is 3.15. The van der Waals surface area contributed by atoms with Crippen molar-refractivity contribution in [3.05, 3.63) is 60.2 Å². The minimum absolute atomic E-state index is 0.166. The Labute approximate surface area is 152 Å². The molecule has 2 heterocycles. The topological polar surface area (TPSA) is 57.2 Å². The van der Waals surface area contributed by atoms with Gasteiger partial charge in [-0.3, -0.25) is 14.3 Å². The largest absolute Gasteiger partial charge is 0.493 e. The molecule has 0 spiro atoms. The van der Waals surface area contributed by atoms with E-state index >= 15 is 0 Å². The predicted molar refractivity (Wildman–Crippen MR) is 93.5 cm³/mol. The highest BCUT2D eigenvalue weighted by Gasteiger charge is 2.45. The lowest BCUT2D eigenvalue weighted by molar-refractivity contribution is -0.489. The second kappa shape index (κ2) is 6.97. The van der Waals surface area contributed by atoms with E-state index in [-0.39, 0.29) is 18.6 Å². The van der Waals surface area contributed by atoms with E-state index in [0.717, 1.165) is 12.1 Å². The average Bonchev–Trinajstić information content (AvgIpc) is 2.95. The predicted octanol–water partition coefficient (Wildman–Crippen LogP) is 2.74. The van der Waals surface area contributed by atoms with Gasteiger partial charge in [0.15, 0.2) is 6.79 Å². The Morgan fingerprint density at radius 1 is 1.12 bits per heavy atom. The molecule has 2 aliphatic rings. The first-order chi connectivity index (χ1) is 12.6. The van der Waals surface area contributed by atoms with Gasteiger partial charge < -0.3 is 14.4 Å². The van der Waals surface area contributed by atoms with Gasteiger partial charge in [0.25, 0.3) is 0 Å². The van der Waals surface area contributed by atoms with Gasteiger partial charge in [0.1, 0.15) is 11.5 Å². The van der Waals surface area contributed by atoms with Gasteiger partial charge in [-0.1, -0.05) is 24.3 Å². The number of hydrogen-bond donors (Lipinski definition) is 0. The zero-order chi connectivity index (χ0) is 18.0. The third-order valence-electron chi connectivity index (χ3n) is 4.59. The molecule has 2 aromatic rings. The van der Waals surface area contributed by atoms with E-state index in [4.69, 9.17) is 18.9 Å². The van der Waals surface area contributed by atoms with E-state index < -0.39 is 5.97 Å². The van der Waals surface area contributed by atoms with Crippen molar-refractivity contribution in [2.24, 2.45) is 5.92 Å². The Kier molecular flexibility index (Phi) is 4.53. The smallest absolute Gasteiger partial charge is 0.360 e. The molecular formula is C20H21NO5. The number of amides is 1. The van der Waals surface area contributed by atoms with Gasteiger partial charge in [-0.25, -0.2) is 0 Å². The van der Waals surface area contributed by atoms with Crippen molar-refractivity contribution in [1.82, 2.24) is 4.90 Å². The molecule has 0 aromatic heterocycles. The van der Waals surface area contributed by atoms with Gasteiger partial charge in [-0.15, -0.1) is 0 Å². The van der Waals surface area contributed by atoms with Crippen molar-refractivity contribution < 1.29 is 23.7 Å². The van der Waals surface area contributed by atoms with Crippen LogP contribution in [0.25, 0.3) is 0 Å². The lowest BCUT2D eigenvalue weighted by atomic mass is 10.1. The summed E-state index contributed by atoms with van der Waals surface area (Å²) >= 11 is 0. The number of para-hydroxylation sites is 1. The minimum atomic E-state index is -1.25. The molecule has 4 rings (SSSR count). The first kappa shape index (κ1) is 16.9. The zero-order valence-corrected chi connectivity index (χ0v) is 14.6. The quantitative estimate of drug-likeness (QED) is 0.797. The highest BCUT2D eigenvalue weighted by molar-refractivity contribution is 5.78. The van der Waals surface area contributed by atoms with Crippen LogP contribution >= 0.6 is 0 Å². The van der Waals surface area contributed by atoms with E-state index in [9.17, 15) is 4.79 Å². The van der Waals surface area contributed by atoms with Crippen LogP contribution in [-0.2, 0) is 20.2 Å². The van der Waals surface area contributed by atoms with Crippen LogP contribution in [0, 0.1) is 5.92 Å². The lowest BCUT2D eigenvalue weighted by Gasteiger charge is -2.40. The molecule has 0 N–H and O–H groups in total. The summed E-state index contributed by atoms with van der Waals surface area (Å²) in [6.07, 6.45) is 0.531. The highest BCUT2D eigenvalue weighted by atomic mass is 17.0. The molecule has 0 aliphatic carbocycles. The molecule has 2 aromatic carbocycles. The highest BCUT2D eigenvalue weighted by Crippen LogP contribution is 2.38. The van der Waals surface area contributed by atoms with Crippen molar-refractivity contribution in [2.45, 2.75) is 12.4 Å². The third kappa shape index (κ3) is 3.38. The van der Waals surface area contributed by atoms with Crippen molar-refractivity contribution in [3.63, 3.8) is 0 Å². The number of nitrogens with zero attached hydrogens (tertiary/aromatic N) is 1. The molecule has 0 radical (unpaired) electrons. The Bertz CT molecular complexity index is 775. The van der Waals surface area contributed by atoms with Crippen molar-refractivity contribution in [2.75, 3.05) is 27.0 Å². The molecule has 6 heteroatoms. The fourth-order valence-corrected chi connectivity index (χ4v) is 3.15. The van der Waals surface area contributed by atoms with Crippen LogP contribution in [0.15, 0.2) is 54.6 Å². The Morgan fingerprint density at radius 2 is 1.88 bits per heavy atom. The molecule has 2 saturated heterocycles. The van der Waals surface area contributed by atoms with E-state index in [1.54, 1.807) is 4.90 Å². The van der Waals surface area contributed by atoms with Crippen LogP contribution in [0.4, 0.5) is 0 Å². The third-order valence-corrected chi connectivity index (χ3v) is 4.59. The summed E-state index contributed by atoms with van der Waals surface area (Å²) in [7, 11) is 1.82. The Hall–Kier alpha value is -2.57. The molecule has 1 amide bonds. The minimum Gasteiger partial charge on any atom is -0.493 e. The van der Waals surface area contributed by atoms with Gasteiger partial charge in [-0.05, 0) is 30.3 Å². The van der Waals surface area contributed by atoms with E-state index in [0.29, 0.717) is 24.5 Å². The first-order valence-corrected chi connectivity index (χ1v) is 8.64. The zero-order valence-electron chi connectivity index (χ0n) is 14.6. The number of benzene rings is 2. The van der Waals surface area contributed by atoms with Crippen molar-refractivity contribution in [1.29, 1.82) is 0 Å². The number of ether oxygens (including phenoxy) is 4. The molecular weight excluding hydrogens is 334 g/mol. The summed E-state index contributed by atoms with van der Waals surface area (Å²) in [5.74, 6) is 0.482. The van der Waals surface area contributed by atoms with Gasteiger partial charge in [0.2, 0.25) is 5.91 Å². The Balaban J connectivity index is 1.45. The summed E-state index contributed by atoms with van der Waals surface area (Å²) in [6.45, 7) is 1.40. The molecule has 0 bridgehead atoms.